The molecule has 1 aliphatic carbocycles. The Balaban J connectivity index is 1.54. The predicted octanol–water partition coefficient (Wildman–Crippen LogP) is 9.21. The molecule has 0 N–H and O–H groups in total. The molecule has 3 rings (SSSR count). The fourth-order valence-electron chi connectivity index (χ4n) is 5.21. The highest BCUT2D eigenvalue weighted by Crippen LogP contribution is 2.47. The topological polar surface area (TPSA) is 47.9 Å². The summed E-state index contributed by atoms with van der Waals surface area (Å²) in [4.78, 5) is 12.4. The molecule has 1 unspecified atom stereocenters. The van der Waals surface area contributed by atoms with Crippen molar-refractivity contribution in [1.29, 1.82) is 0 Å². The van der Waals surface area contributed by atoms with E-state index in [2.05, 4.69) is 28.8 Å². The summed E-state index contributed by atoms with van der Waals surface area (Å²) >= 11 is 0. The van der Waals surface area contributed by atoms with Gasteiger partial charge in [-0.15, -0.1) is 0 Å². The highest BCUT2D eigenvalue weighted by molar-refractivity contribution is 5.53. The Bertz CT molecular complexity index is 936. The molecule has 0 spiro atoms. The number of alkyl halides is 2. The minimum absolute atomic E-state index is 0.181. The number of aryl methyl sites for hydroxylation is 1. The maximum absolute atomic E-state index is 15.3. The van der Waals surface area contributed by atoms with E-state index in [1.165, 1.54) is 63.4 Å². The second-order valence-electron chi connectivity index (χ2n) is 10.5. The molecule has 1 atom stereocenters. The maximum Gasteiger partial charge on any atom is 0.280 e. The summed E-state index contributed by atoms with van der Waals surface area (Å²) < 4.78 is 51.3. The molecular formula is C30H44F3N3O. The number of halogens is 3. The zero-order valence-electron chi connectivity index (χ0n) is 22.7. The molecule has 1 aliphatic rings. The first kappa shape index (κ1) is 29.4. The highest BCUT2D eigenvalue weighted by Gasteiger charge is 2.47. The standard InChI is InChI=1S/C30H44F3N3O/c1-3-5-7-9-11-12-14-16-24-18-17-23-20-26(36-28(31)27(23)30(24,32)33)29-34-21-25(22-35-29)37-19-15-13-10-8-6-4-2/h20-22,24H,3-19H2,1-2H3. The molecule has 0 aliphatic heterocycles. The van der Waals surface area contributed by atoms with E-state index >= 15 is 8.78 Å². The predicted molar refractivity (Wildman–Crippen MR) is 142 cm³/mol. The van der Waals surface area contributed by atoms with Gasteiger partial charge in [0.25, 0.3) is 5.92 Å². The molecule has 2 heterocycles. The van der Waals surface area contributed by atoms with Crippen molar-refractivity contribution in [3.8, 4) is 17.3 Å². The van der Waals surface area contributed by atoms with Gasteiger partial charge in [-0.25, -0.2) is 23.7 Å². The molecule has 2 aromatic rings. The SMILES string of the molecule is CCCCCCCCCC1CCc2cc(-c3ncc(OCCCCCCCC)cn3)nc(F)c2C1(F)F. The van der Waals surface area contributed by atoms with Gasteiger partial charge in [0.15, 0.2) is 11.6 Å². The zero-order valence-corrected chi connectivity index (χ0v) is 22.7. The lowest BCUT2D eigenvalue weighted by Crippen LogP contribution is -2.33. The van der Waals surface area contributed by atoms with Gasteiger partial charge in [0.05, 0.1) is 24.6 Å². The van der Waals surface area contributed by atoms with Crippen LogP contribution in [-0.4, -0.2) is 21.6 Å². The van der Waals surface area contributed by atoms with Crippen LogP contribution in [-0.2, 0) is 12.3 Å². The first-order valence-corrected chi connectivity index (χ1v) is 14.5. The summed E-state index contributed by atoms with van der Waals surface area (Å²) in [6.45, 7) is 4.97. The Labute approximate surface area is 220 Å². The van der Waals surface area contributed by atoms with Crippen molar-refractivity contribution in [3.05, 3.63) is 35.5 Å². The van der Waals surface area contributed by atoms with Crippen LogP contribution in [0.15, 0.2) is 18.5 Å². The fraction of sp³-hybridized carbons (Fsp3) is 0.700. The lowest BCUT2D eigenvalue weighted by Gasteiger charge is -2.33. The van der Waals surface area contributed by atoms with Gasteiger partial charge in [0.1, 0.15) is 5.69 Å². The third-order valence-electron chi connectivity index (χ3n) is 7.45. The molecular weight excluding hydrogens is 475 g/mol. The van der Waals surface area contributed by atoms with Crippen LogP contribution >= 0.6 is 0 Å². The number of nitrogens with zero attached hydrogens (tertiary/aromatic N) is 3. The average molecular weight is 520 g/mol. The second-order valence-corrected chi connectivity index (χ2v) is 10.5. The number of hydrogen-bond acceptors (Lipinski definition) is 4. The van der Waals surface area contributed by atoms with Gasteiger partial charge in [-0.2, -0.15) is 4.39 Å². The van der Waals surface area contributed by atoms with E-state index in [1.54, 1.807) is 0 Å². The van der Waals surface area contributed by atoms with E-state index in [4.69, 9.17) is 4.74 Å². The summed E-state index contributed by atoms with van der Waals surface area (Å²) in [6, 6.07) is 1.53. The van der Waals surface area contributed by atoms with Crippen molar-refractivity contribution >= 4 is 0 Å². The Kier molecular flexibility index (Phi) is 12.1. The van der Waals surface area contributed by atoms with Gasteiger partial charge in [0.2, 0.25) is 5.95 Å². The third kappa shape index (κ3) is 8.68. The van der Waals surface area contributed by atoms with Gasteiger partial charge < -0.3 is 4.74 Å². The molecule has 7 heteroatoms. The number of aromatic nitrogens is 3. The average Bonchev–Trinajstić information content (AvgIpc) is 2.88. The van der Waals surface area contributed by atoms with Crippen LogP contribution in [0.4, 0.5) is 13.2 Å². The Morgan fingerprint density at radius 2 is 1.46 bits per heavy atom. The molecule has 4 nitrogen and oxygen atoms in total. The van der Waals surface area contributed by atoms with Crippen molar-refractivity contribution in [2.45, 2.75) is 123 Å². The van der Waals surface area contributed by atoms with Gasteiger partial charge in [0, 0.05) is 5.92 Å². The molecule has 37 heavy (non-hydrogen) atoms. The van der Waals surface area contributed by atoms with Gasteiger partial charge in [-0.3, -0.25) is 0 Å². The van der Waals surface area contributed by atoms with Gasteiger partial charge >= 0.3 is 0 Å². The van der Waals surface area contributed by atoms with Gasteiger partial charge in [-0.1, -0.05) is 90.9 Å². The number of rotatable bonds is 17. The van der Waals surface area contributed by atoms with Crippen LogP contribution in [0.3, 0.4) is 0 Å². The van der Waals surface area contributed by atoms with Gasteiger partial charge in [-0.05, 0) is 37.3 Å². The summed E-state index contributed by atoms with van der Waals surface area (Å²) in [5.74, 6) is -4.40. The van der Waals surface area contributed by atoms with E-state index in [1.807, 2.05) is 0 Å². The molecule has 0 aromatic carbocycles. The Hall–Kier alpha value is -2.18. The van der Waals surface area contributed by atoms with Crippen LogP contribution in [0.1, 0.15) is 121 Å². The monoisotopic (exact) mass is 519 g/mol. The largest absolute Gasteiger partial charge is 0.490 e. The Morgan fingerprint density at radius 3 is 2.11 bits per heavy atom. The van der Waals surface area contributed by atoms with E-state index < -0.39 is 23.4 Å². The minimum atomic E-state index is -3.21. The molecule has 0 bridgehead atoms. The van der Waals surface area contributed by atoms with Crippen LogP contribution in [0, 0.1) is 11.9 Å². The molecule has 206 valence electrons. The number of ether oxygens (including phenoxy) is 1. The molecule has 0 radical (unpaired) electrons. The summed E-state index contributed by atoms with van der Waals surface area (Å²) in [5.41, 5.74) is -0.0373. The lowest BCUT2D eigenvalue weighted by atomic mass is 9.78. The third-order valence-corrected chi connectivity index (χ3v) is 7.45. The zero-order chi connectivity index (χ0) is 26.5. The van der Waals surface area contributed by atoms with Crippen molar-refractivity contribution in [2.24, 2.45) is 5.92 Å². The van der Waals surface area contributed by atoms with Crippen molar-refractivity contribution < 1.29 is 17.9 Å². The lowest BCUT2D eigenvalue weighted by molar-refractivity contribution is -0.0824. The van der Waals surface area contributed by atoms with Crippen LogP contribution in [0.2, 0.25) is 0 Å². The van der Waals surface area contributed by atoms with E-state index in [0.717, 1.165) is 38.5 Å². The van der Waals surface area contributed by atoms with Crippen LogP contribution in [0.5, 0.6) is 5.75 Å². The minimum Gasteiger partial charge on any atom is -0.490 e. The van der Waals surface area contributed by atoms with Crippen molar-refractivity contribution in [1.82, 2.24) is 15.0 Å². The first-order chi connectivity index (χ1) is 18.0. The smallest absolute Gasteiger partial charge is 0.280 e. The molecule has 0 fully saturated rings. The summed E-state index contributed by atoms with van der Waals surface area (Å²) in [6.07, 6.45) is 18.9. The van der Waals surface area contributed by atoms with Crippen molar-refractivity contribution in [2.75, 3.05) is 6.61 Å². The number of hydrogen-bond donors (Lipinski definition) is 0. The highest BCUT2D eigenvalue weighted by atomic mass is 19.3. The number of unbranched alkanes of at least 4 members (excludes halogenated alkanes) is 11. The molecule has 0 saturated heterocycles. The van der Waals surface area contributed by atoms with E-state index in [0.29, 0.717) is 37.2 Å². The molecule has 0 saturated carbocycles. The fourth-order valence-corrected chi connectivity index (χ4v) is 5.21. The normalized spacial score (nSPS) is 16.5. The van der Waals surface area contributed by atoms with E-state index in [-0.39, 0.29) is 11.5 Å². The second kappa shape index (κ2) is 15.3. The summed E-state index contributed by atoms with van der Waals surface area (Å²) in [5, 5.41) is 0. The first-order valence-electron chi connectivity index (χ1n) is 14.5. The quantitative estimate of drug-likeness (QED) is 0.154. The number of fused-ring (bicyclic) bond motifs is 1. The molecule has 2 aromatic heterocycles. The van der Waals surface area contributed by atoms with Crippen molar-refractivity contribution in [3.63, 3.8) is 0 Å². The number of pyridine rings is 1. The Morgan fingerprint density at radius 1 is 0.865 bits per heavy atom. The molecule has 0 amide bonds. The van der Waals surface area contributed by atoms with Crippen LogP contribution in [0.25, 0.3) is 11.5 Å². The van der Waals surface area contributed by atoms with E-state index in [9.17, 15) is 4.39 Å². The summed E-state index contributed by atoms with van der Waals surface area (Å²) in [7, 11) is 0. The maximum atomic E-state index is 15.3. The van der Waals surface area contributed by atoms with Crippen LogP contribution < -0.4 is 4.74 Å².